The molecular formula is C19H36N2O6. The first kappa shape index (κ1) is 23.5. The van der Waals surface area contributed by atoms with E-state index >= 15 is 0 Å². The molecule has 2 aliphatic heterocycles. The van der Waals surface area contributed by atoms with Crippen molar-refractivity contribution in [3.63, 3.8) is 0 Å². The van der Waals surface area contributed by atoms with Gasteiger partial charge in [-0.3, -0.25) is 0 Å². The lowest BCUT2D eigenvalue weighted by atomic mass is 10.2. The van der Waals surface area contributed by atoms with Crippen LogP contribution in [-0.4, -0.2) is 83.8 Å². The number of methoxy groups -OCH3 is 1. The highest BCUT2D eigenvalue weighted by Gasteiger charge is 2.30. The Morgan fingerprint density at radius 3 is 1.63 bits per heavy atom. The lowest BCUT2D eigenvalue weighted by Gasteiger charge is -2.24. The Balaban J connectivity index is 0.000000271. The summed E-state index contributed by atoms with van der Waals surface area (Å²) in [7, 11) is 1.67. The van der Waals surface area contributed by atoms with E-state index < -0.39 is 11.2 Å². The van der Waals surface area contributed by atoms with Crippen LogP contribution in [0.25, 0.3) is 0 Å². The molecule has 8 nitrogen and oxygen atoms in total. The van der Waals surface area contributed by atoms with E-state index in [1.807, 2.05) is 41.5 Å². The van der Waals surface area contributed by atoms with Gasteiger partial charge < -0.3 is 29.1 Å². The fourth-order valence-electron chi connectivity index (χ4n) is 2.65. The summed E-state index contributed by atoms with van der Waals surface area (Å²) in [5.74, 6) is 0. The van der Waals surface area contributed by atoms with Gasteiger partial charge in [0.05, 0.1) is 18.8 Å². The Bertz CT molecular complexity index is 497. The van der Waals surface area contributed by atoms with E-state index in [4.69, 9.17) is 14.2 Å². The Labute approximate surface area is 162 Å². The quantitative estimate of drug-likeness (QED) is 0.743. The van der Waals surface area contributed by atoms with E-state index in [0.717, 1.165) is 13.0 Å². The number of carbonyl (C=O) groups is 2. The fraction of sp³-hybridized carbons (Fsp3) is 0.895. The van der Waals surface area contributed by atoms with Crippen LogP contribution in [0, 0.1) is 0 Å². The number of β-amino-alcohol motifs (C(OH)–C–C–N with tert-alkyl or cyclic N) is 1. The maximum Gasteiger partial charge on any atom is 0.410 e. The molecule has 2 heterocycles. The molecule has 0 saturated carbocycles. The van der Waals surface area contributed by atoms with Gasteiger partial charge in [0.25, 0.3) is 0 Å². The van der Waals surface area contributed by atoms with Gasteiger partial charge in [0.2, 0.25) is 0 Å². The maximum atomic E-state index is 11.6. The Kier molecular flexibility index (Phi) is 8.35. The van der Waals surface area contributed by atoms with Crippen LogP contribution in [0.4, 0.5) is 9.59 Å². The molecule has 0 spiro atoms. The summed E-state index contributed by atoms with van der Waals surface area (Å²) >= 11 is 0. The first-order valence-electron chi connectivity index (χ1n) is 9.47. The number of amides is 2. The van der Waals surface area contributed by atoms with Crippen LogP contribution < -0.4 is 0 Å². The number of nitrogens with zero attached hydrogens (tertiary/aromatic N) is 2. The highest BCUT2D eigenvalue weighted by atomic mass is 16.6. The van der Waals surface area contributed by atoms with Gasteiger partial charge in [0.15, 0.2) is 0 Å². The van der Waals surface area contributed by atoms with Crippen molar-refractivity contribution < 1.29 is 28.9 Å². The summed E-state index contributed by atoms with van der Waals surface area (Å²) in [5.41, 5.74) is -0.868. The van der Waals surface area contributed by atoms with E-state index in [1.165, 1.54) is 4.90 Å². The van der Waals surface area contributed by atoms with Crippen LogP contribution in [0.3, 0.4) is 0 Å². The second kappa shape index (κ2) is 9.59. The van der Waals surface area contributed by atoms with Crippen molar-refractivity contribution in [2.45, 2.75) is 77.8 Å². The molecule has 0 aromatic heterocycles. The average Bonchev–Trinajstić information content (AvgIpc) is 3.13. The number of aliphatic hydroxyl groups excluding tert-OH is 1. The molecule has 2 fully saturated rings. The molecule has 158 valence electrons. The zero-order valence-corrected chi connectivity index (χ0v) is 17.8. The number of hydrogen-bond donors (Lipinski definition) is 1. The van der Waals surface area contributed by atoms with Gasteiger partial charge in [-0.25, -0.2) is 9.59 Å². The lowest BCUT2D eigenvalue weighted by Crippen LogP contribution is -2.35. The van der Waals surface area contributed by atoms with Crippen molar-refractivity contribution in [2.24, 2.45) is 0 Å². The molecule has 27 heavy (non-hydrogen) atoms. The van der Waals surface area contributed by atoms with E-state index in [2.05, 4.69) is 0 Å². The van der Waals surface area contributed by atoms with Crippen LogP contribution in [0.15, 0.2) is 0 Å². The number of rotatable bonds is 1. The van der Waals surface area contributed by atoms with E-state index in [1.54, 1.807) is 12.0 Å². The number of carbonyl (C=O) groups excluding carboxylic acids is 2. The molecule has 0 radical (unpaired) electrons. The second-order valence-electron chi connectivity index (χ2n) is 8.94. The summed E-state index contributed by atoms with van der Waals surface area (Å²) in [6.07, 6.45) is 0.769. The Morgan fingerprint density at radius 2 is 1.30 bits per heavy atom. The standard InChI is InChI=1S/C10H19NO3.C9H17NO3/c1-10(2,3)14-9(12)11-6-5-8(7-11)13-4;1-9(2,3)13-8(12)10-5-4-7(11)6-10/h8H,5-7H2,1-4H3;7,11H,4-6H2,1-3H3/t8-;7-/m00/s1. The highest BCUT2D eigenvalue weighted by molar-refractivity contribution is 5.68. The van der Waals surface area contributed by atoms with Gasteiger partial charge in [-0.15, -0.1) is 0 Å². The Morgan fingerprint density at radius 1 is 0.852 bits per heavy atom. The number of ether oxygens (including phenoxy) is 3. The summed E-state index contributed by atoms with van der Waals surface area (Å²) in [6, 6.07) is 0. The van der Waals surface area contributed by atoms with Gasteiger partial charge >= 0.3 is 12.2 Å². The second-order valence-corrected chi connectivity index (χ2v) is 8.94. The van der Waals surface area contributed by atoms with Crippen molar-refractivity contribution >= 4 is 12.2 Å². The summed E-state index contributed by atoms with van der Waals surface area (Å²) in [5, 5.41) is 9.20. The molecule has 2 aliphatic rings. The molecule has 8 heteroatoms. The number of likely N-dealkylation sites (tertiary alicyclic amines) is 2. The summed E-state index contributed by atoms with van der Waals surface area (Å²) < 4.78 is 15.6. The SMILES string of the molecule is CC(C)(C)OC(=O)N1CC[C@H](O)C1.CO[C@H]1CCN(C(=O)OC(C)(C)C)C1. The van der Waals surface area contributed by atoms with E-state index in [-0.39, 0.29) is 24.4 Å². The minimum Gasteiger partial charge on any atom is -0.444 e. The van der Waals surface area contributed by atoms with Crippen molar-refractivity contribution in [3.8, 4) is 0 Å². The maximum absolute atomic E-state index is 11.6. The molecule has 2 saturated heterocycles. The first-order valence-corrected chi connectivity index (χ1v) is 9.47. The lowest BCUT2D eigenvalue weighted by molar-refractivity contribution is 0.0249. The zero-order chi connectivity index (χ0) is 20.8. The average molecular weight is 389 g/mol. The molecule has 2 rings (SSSR count). The van der Waals surface area contributed by atoms with Gasteiger partial charge in [0.1, 0.15) is 11.2 Å². The van der Waals surface area contributed by atoms with Crippen LogP contribution in [0.1, 0.15) is 54.4 Å². The molecule has 1 N–H and O–H groups in total. The molecule has 0 bridgehead atoms. The van der Waals surface area contributed by atoms with Crippen LogP contribution >= 0.6 is 0 Å². The molecule has 2 amide bonds. The molecule has 2 atom stereocenters. The van der Waals surface area contributed by atoms with E-state index in [9.17, 15) is 14.7 Å². The molecule has 0 aromatic carbocycles. The Hall–Kier alpha value is -1.54. The monoisotopic (exact) mass is 388 g/mol. The van der Waals surface area contributed by atoms with Crippen molar-refractivity contribution in [1.82, 2.24) is 9.80 Å². The molecular weight excluding hydrogens is 352 g/mol. The van der Waals surface area contributed by atoms with E-state index in [0.29, 0.717) is 26.1 Å². The predicted molar refractivity (Wildman–Crippen MR) is 102 cm³/mol. The normalized spacial score (nSPS) is 23.0. The third kappa shape index (κ3) is 9.28. The van der Waals surface area contributed by atoms with Crippen molar-refractivity contribution in [2.75, 3.05) is 33.3 Å². The molecule has 0 unspecified atom stereocenters. The fourth-order valence-corrected chi connectivity index (χ4v) is 2.65. The van der Waals surface area contributed by atoms with Crippen LogP contribution in [0.5, 0.6) is 0 Å². The van der Waals surface area contributed by atoms with Crippen LogP contribution in [-0.2, 0) is 14.2 Å². The predicted octanol–water partition coefficient (Wildman–Crippen LogP) is 2.63. The zero-order valence-electron chi connectivity index (χ0n) is 17.8. The minimum absolute atomic E-state index is 0.169. The topological polar surface area (TPSA) is 88.5 Å². The van der Waals surface area contributed by atoms with Gasteiger partial charge in [-0.05, 0) is 54.4 Å². The van der Waals surface area contributed by atoms with Crippen molar-refractivity contribution in [1.29, 1.82) is 0 Å². The van der Waals surface area contributed by atoms with Gasteiger partial charge in [-0.2, -0.15) is 0 Å². The summed E-state index contributed by atoms with van der Waals surface area (Å²) in [6.45, 7) is 13.5. The third-order valence-electron chi connectivity index (χ3n) is 3.95. The smallest absolute Gasteiger partial charge is 0.410 e. The van der Waals surface area contributed by atoms with Gasteiger partial charge in [-0.1, -0.05) is 0 Å². The van der Waals surface area contributed by atoms with Crippen LogP contribution in [0.2, 0.25) is 0 Å². The first-order chi connectivity index (χ1) is 12.3. The molecule has 0 aliphatic carbocycles. The largest absolute Gasteiger partial charge is 0.444 e. The number of aliphatic hydroxyl groups is 1. The highest BCUT2D eigenvalue weighted by Crippen LogP contribution is 2.16. The van der Waals surface area contributed by atoms with Crippen molar-refractivity contribution in [3.05, 3.63) is 0 Å². The summed E-state index contributed by atoms with van der Waals surface area (Å²) in [4.78, 5) is 26.2. The van der Waals surface area contributed by atoms with Gasteiger partial charge in [0, 0.05) is 26.7 Å². The minimum atomic E-state index is -0.454. The third-order valence-corrected chi connectivity index (χ3v) is 3.95. The molecule has 0 aromatic rings. The number of hydrogen-bond acceptors (Lipinski definition) is 6.